The Bertz CT molecular complexity index is 406. The van der Waals surface area contributed by atoms with Gasteiger partial charge in [-0.2, -0.15) is 0 Å². The fourth-order valence-corrected chi connectivity index (χ4v) is 3.05. The van der Waals surface area contributed by atoms with E-state index in [4.69, 9.17) is 9.47 Å². The molecule has 0 heterocycles. The zero-order chi connectivity index (χ0) is 17.8. The summed E-state index contributed by atoms with van der Waals surface area (Å²) in [4.78, 5) is 0. The molecule has 0 unspecified atom stereocenters. The van der Waals surface area contributed by atoms with Gasteiger partial charge in [-0.25, -0.2) is 0 Å². The SMILES string of the molecule is BrCCCCCCCCCCC=CCCOCOCc1ccccc1. The Morgan fingerprint density at radius 3 is 2.08 bits per heavy atom. The van der Waals surface area contributed by atoms with Gasteiger partial charge in [0.15, 0.2) is 0 Å². The van der Waals surface area contributed by atoms with Crippen molar-refractivity contribution in [3.05, 3.63) is 48.0 Å². The summed E-state index contributed by atoms with van der Waals surface area (Å²) in [5.74, 6) is 0. The molecular weight excluding hydrogens is 376 g/mol. The second kappa shape index (κ2) is 18.2. The maximum atomic E-state index is 5.48. The maximum Gasteiger partial charge on any atom is 0.147 e. The molecule has 0 N–H and O–H groups in total. The lowest BCUT2D eigenvalue weighted by Gasteiger charge is -2.04. The first-order valence-corrected chi connectivity index (χ1v) is 11.0. The zero-order valence-electron chi connectivity index (χ0n) is 15.6. The van der Waals surface area contributed by atoms with E-state index in [-0.39, 0.29) is 0 Å². The summed E-state index contributed by atoms with van der Waals surface area (Å²) in [5, 5.41) is 1.16. The maximum absolute atomic E-state index is 5.48. The first kappa shape index (κ1) is 22.4. The topological polar surface area (TPSA) is 18.5 Å². The average molecular weight is 411 g/mol. The summed E-state index contributed by atoms with van der Waals surface area (Å²) in [6, 6.07) is 10.2. The minimum Gasteiger partial charge on any atom is -0.355 e. The average Bonchev–Trinajstić information content (AvgIpc) is 2.65. The molecule has 0 saturated carbocycles. The highest BCUT2D eigenvalue weighted by Gasteiger charge is 1.92. The zero-order valence-corrected chi connectivity index (χ0v) is 17.2. The van der Waals surface area contributed by atoms with Gasteiger partial charge in [-0.05, 0) is 31.2 Å². The van der Waals surface area contributed by atoms with Gasteiger partial charge in [-0.15, -0.1) is 0 Å². The van der Waals surface area contributed by atoms with Gasteiger partial charge in [-0.3, -0.25) is 0 Å². The molecule has 1 rings (SSSR count). The van der Waals surface area contributed by atoms with Gasteiger partial charge < -0.3 is 9.47 Å². The number of halogens is 1. The summed E-state index contributed by atoms with van der Waals surface area (Å²) in [5.41, 5.74) is 1.19. The highest BCUT2D eigenvalue weighted by atomic mass is 79.9. The van der Waals surface area contributed by atoms with Gasteiger partial charge in [0.25, 0.3) is 0 Å². The van der Waals surface area contributed by atoms with Crippen LogP contribution in [0.4, 0.5) is 0 Å². The van der Waals surface area contributed by atoms with Crippen LogP contribution in [-0.2, 0) is 16.1 Å². The minimum atomic E-state index is 0.373. The van der Waals surface area contributed by atoms with Crippen molar-refractivity contribution in [2.24, 2.45) is 0 Å². The van der Waals surface area contributed by atoms with Crippen LogP contribution in [0.2, 0.25) is 0 Å². The lowest BCUT2D eigenvalue weighted by molar-refractivity contribution is -0.0600. The molecule has 3 heteroatoms. The molecule has 0 aliphatic carbocycles. The summed E-state index contributed by atoms with van der Waals surface area (Å²) in [7, 11) is 0. The van der Waals surface area contributed by atoms with Gasteiger partial charge in [-0.1, -0.05) is 96.9 Å². The third-order valence-electron chi connectivity index (χ3n) is 4.13. The van der Waals surface area contributed by atoms with Crippen molar-refractivity contribution in [1.29, 1.82) is 0 Å². The van der Waals surface area contributed by atoms with Crippen molar-refractivity contribution in [3.8, 4) is 0 Å². The van der Waals surface area contributed by atoms with Crippen molar-refractivity contribution in [3.63, 3.8) is 0 Å². The molecule has 1 aromatic carbocycles. The van der Waals surface area contributed by atoms with Gasteiger partial charge in [0.2, 0.25) is 0 Å². The van der Waals surface area contributed by atoms with Crippen LogP contribution in [0.5, 0.6) is 0 Å². The monoisotopic (exact) mass is 410 g/mol. The number of rotatable bonds is 17. The van der Waals surface area contributed by atoms with E-state index in [1.807, 2.05) is 18.2 Å². The largest absolute Gasteiger partial charge is 0.355 e. The van der Waals surface area contributed by atoms with E-state index in [1.54, 1.807) is 0 Å². The molecule has 2 nitrogen and oxygen atoms in total. The predicted octanol–water partition coefficient (Wildman–Crippen LogP) is 7.03. The lowest BCUT2D eigenvalue weighted by atomic mass is 10.1. The van der Waals surface area contributed by atoms with Crippen molar-refractivity contribution >= 4 is 15.9 Å². The smallest absolute Gasteiger partial charge is 0.147 e. The Hall–Kier alpha value is -0.640. The van der Waals surface area contributed by atoms with Crippen LogP contribution in [-0.4, -0.2) is 18.7 Å². The van der Waals surface area contributed by atoms with E-state index >= 15 is 0 Å². The van der Waals surface area contributed by atoms with E-state index < -0.39 is 0 Å². The Balaban J connectivity index is 1.75. The van der Waals surface area contributed by atoms with Gasteiger partial charge in [0.1, 0.15) is 6.79 Å². The van der Waals surface area contributed by atoms with E-state index in [0.717, 1.165) is 18.4 Å². The summed E-state index contributed by atoms with van der Waals surface area (Å²) in [6.45, 7) is 1.73. The van der Waals surface area contributed by atoms with Crippen LogP contribution >= 0.6 is 15.9 Å². The molecule has 0 spiro atoms. The number of hydrogen-bond acceptors (Lipinski definition) is 2. The van der Waals surface area contributed by atoms with Crippen LogP contribution in [0, 0.1) is 0 Å². The van der Waals surface area contributed by atoms with E-state index in [1.165, 1.54) is 63.4 Å². The molecule has 0 atom stereocenters. The van der Waals surface area contributed by atoms with E-state index in [2.05, 4.69) is 40.2 Å². The molecule has 0 aromatic heterocycles. The number of unbranched alkanes of at least 4 members (excludes halogenated alkanes) is 8. The molecule has 0 saturated heterocycles. The number of alkyl halides is 1. The highest BCUT2D eigenvalue weighted by molar-refractivity contribution is 9.09. The molecular formula is C22H35BrO2. The molecule has 0 fully saturated rings. The van der Waals surface area contributed by atoms with Gasteiger partial charge >= 0.3 is 0 Å². The van der Waals surface area contributed by atoms with Crippen LogP contribution in [0.15, 0.2) is 42.5 Å². The molecule has 1 aromatic rings. The second-order valence-electron chi connectivity index (χ2n) is 6.43. The highest BCUT2D eigenvalue weighted by Crippen LogP contribution is 2.10. The van der Waals surface area contributed by atoms with E-state index in [0.29, 0.717) is 13.4 Å². The molecule has 0 radical (unpaired) electrons. The van der Waals surface area contributed by atoms with Crippen LogP contribution in [0.3, 0.4) is 0 Å². The standard InChI is InChI=1S/C22H35BrO2/c23-18-14-9-7-5-3-1-2-4-6-8-10-15-19-24-21-25-20-22-16-12-11-13-17-22/h8,10-13,16-17H,1-7,9,14-15,18-21H2. The van der Waals surface area contributed by atoms with Crippen LogP contribution in [0.25, 0.3) is 0 Å². The predicted molar refractivity (Wildman–Crippen MR) is 111 cm³/mol. The summed E-state index contributed by atoms with van der Waals surface area (Å²) in [6.07, 6.45) is 17.7. The number of benzene rings is 1. The molecule has 25 heavy (non-hydrogen) atoms. The minimum absolute atomic E-state index is 0.373. The van der Waals surface area contributed by atoms with Crippen LogP contribution < -0.4 is 0 Å². The summed E-state index contributed by atoms with van der Waals surface area (Å²) < 4.78 is 11.0. The van der Waals surface area contributed by atoms with Crippen LogP contribution in [0.1, 0.15) is 69.8 Å². The molecule has 142 valence electrons. The molecule has 0 aliphatic heterocycles. The van der Waals surface area contributed by atoms with Gasteiger partial charge in [0.05, 0.1) is 13.2 Å². The van der Waals surface area contributed by atoms with Crippen molar-refractivity contribution in [2.45, 2.75) is 70.8 Å². The lowest BCUT2D eigenvalue weighted by Crippen LogP contribution is -2.01. The van der Waals surface area contributed by atoms with Crippen molar-refractivity contribution in [1.82, 2.24) is 0 Å². The molecule has 0 aliphatic rings. The summed E-state index contributed by atoms with van der Waals surface area (Å²) >= 11 is 3.48. The Labute approximate surface area is 163 Å². The third kappa shape index (κ3) is 15.3. The quantitative estimate of drug-likeness (QED) is 0.119. The second-order valence-corrected chi connectivity index (χ2v) is 7.22. The number of hydrogen-bond donors (Lipinski definition) is 0. The first-order chi connectivity index (χ1) is 12.4. The van der Waals surface area contributed by atoms with Crippen molar-refractivity contribution < 1.29 is 9.47 Å². The third-order valence-corrected chi connectivity index (χ3v) is 4.69. The number of ether oxygens (including phenoxy) is 2. The fourth-order valence-electron chi connectivity index (χ4n) is 2.66. The Morgan fingerprint density at radius 2 is 1.36 bits per heavy atom. The molecule has 0 bridgehead atoms. The van der Waals surface area contributed by atoms with Crippen molar-refractivity contribution in [2.75, 3.05) is 18.7 Å². The Morgan fingerprint density at radius 1 is 0.720 bits per heavy atom. The van der Waals surface area contributed by atoms with Gasteiger partial charge in [0, 0.05) is 5.33 Å². The first-order valence-electron chi connectivity index (χ1n) is 9.84. The van der Waals surface area contributed by atoms with E-state index in [9.17, 15) is 0 Å². The normalized spacial score (nSPS) is 11.4. The fraction of sp³-hybridized carbons (Fsp3) is 0.636. The Kier molecular flexibility index (Phi) is 16.3. The number of allylic oxidation sites excluding steroid dienone is 1. The molecule has 0 amide bonds.